The van der Waals surface area contributed by atoms with Gasteiger partial charge in [-0.15, -0.1) is 0 Å². The molecule has 6 rings (SSSR count). The topological polar surface area (TPSA) is 102 Å². The fourth-order valence-corrected chi connectivity index (χ4v) is 7.58. The van der Waals surface area contributed by atoms with Gasteiger partial charge in [0.25, 0.3) is 15.9 Å². The van der Waals surface area contributed by atoms with Gasteiger partial charge in [-0.1, -0.05) is 35.7 Å². The second-order valence-electron chi connectivity index (χ2n) is 10.8. The van der Waals surface area contributed by atoms with Crippen molar-refractivity contribution >= 4 is 43.7 Å². The summed E-state index contributed by atoms with van der Waals surface area (Å²) in [5.41, 5.74) is 3.72. The highest BCUT2D eigenvalue weighted by molar-refractivity contribution is 7.90. The van der Waals surface area contributed by atoms with Gasteiger partial charge in [-0.3, -0.25) is 0 Å². The number of piperidine rings is 1. The van der Waals surface area contributed by atoms with E-state index in [4.69, 9.17) is 26.1 Å². The third-order valence-electron chi connectivity index (χ3n) is 8.10. The summed E-state index contributed by atoms with van der Waals surface area (Å²) in [5, 5.41) is -0.0431. The van der Waals surface area contributed by atoms with Crippen LogP contribution in [-0.2, 0) is 16.4 Å². The zero-order chi connectivity index (χ0) is 30.3. The monoisotopic (exact) mass is 625 g/mol. The molecule has 1 aromatic carbocycles. The van der Waals surface area contributed by atoms with Crippen molar-refractivity contribution in [3.8, 4) is 22.9 Å². The molecular formula is C31H33ClFN5O4S. The lowest BCUT2D eigenvalue weighted by atomic mass is 10.1. The number of methoxy groups -OCH3 is 2. The van der Waals surface area contributed by atoms with Gasteiger partial charge in [0.1, 0.15) is 5.52 Å². The highest BCUT2D eigenvalue weighted by atomic mass is 35.5. The second kappa shape index (κ2) is 11.8. The standard InChI is InChI=1S/C31H33ClFN5O4S/c1-19-9-11-20(12-10-19)43(39,40)38-25(16-22-26(32)24(33)18-35-30(22)38)23-17-34-27-21(8-7-15-37-13-5-4-6-14-37)29(41-2)31(42-3)36-28(23)27/h9-12,16-18,34H,4-8,13-15H2,1-3H3. The van der Waals surface area contributed by atoms with Gasteiger partial charge >= 0.3 is 0 Å². The van der Waals surface area contributed by atoms with Crippen molar-refractivity contribution in [3.63, 3.8) is 0 Å². The second-order valence-corrected chi connectivity index (χ2v) is 13.0. The van der Waals surface area contributed by atoms with Crippen LogP contribution in [0.25, 0.3) is 33.3 Å². The predicted molar refractivity (Wildman–Crippen MR) is 165 cm³/mol. The summed E-state index contributed by atoms with van der Waals surface area (Å²) in [6.45, 7) is 5.05. The van der Waals surface area contributed by atoms with Gasteiger partial charge in [-0.2, -0.15) is 0 Å². The first-order chi connectivity index (χ1) is 20.7. The van der Waals surface area contributed by atoms with Crippen molar-refractivity contribution < 1.29 is 22.3 Å². The third kappa shape index (κ3) is 5.23. The third-order valence-corrected chi connectivity index (χ3v) is 10.2. The molecule has 0 aliphatic carbocycles. The average Bonchev–Trinajstić information content (AvgIpc) is 3.61. The molecule has 0 bridgehead atoms. The van der Waals surface area contributed by atoms with Crippen LogP contribution >= 0.6 is 11.6 Å². The Kier molecular flexibility index (Phi) is 8.06. The van der Waals surface area contributed by atoms with Crippen molar-refractivity contribution in [2.24, 2.45) is 0 Å². The van der Waals surface area contributed by atoms with Gasteiger partial charge < -0.3 is 19.4 Å². The number of rotatable bonds is 9. The summed E-state index contributed by atoms with van der Waals surface area (Å²) in [5.74, 6) is 0.0711. The Hall–Kier alpha value is -3.67. The van der Waals surface area contributed by atoms with Crippen LogP contribution < -0.4 is 9.47 Å². The number of fused-ring (bicyclic) bond motifs is 2. The van der Waals surface area contributed by atoms with E-state index in [9.17, 15) is 12.8 Å². The minimum absolute atomic E-state index is 0.0126. The number of aromatic amines is 1. The number of ether oxygens (including phenoxy) is 2. The number of hydrogen-bond acceptors (Lipinski definition) is 7. The maximum atomic E-state index is 14.5. The van der Waals surface area contributed by atoms with E-state index < -0.39 is 15.8 Å². The van der Waals surface area contributed by atoms with E-state index in [1.807, 2.05) is 6.92 Å². The molecule has 0 spiro atoms. The lowest BCUT2D eigenvalue weighted by Crippen LogP contribution is -2.30. The molecule has 4 aromatic heterocycles. The summed E-state index contributed by atoms with van der Waals surface area (Å²) in [6, 6.07) is 8.05. The fourth-order valence-electron chi connectivity index (χ4n) is 5.92. The van der Waals surface area contributed by atoms with Crippen molar-refractivity contribution in [2.45, 2.75) is 43.9 Å². The van der Waals surface area contributed by atoms with Gasteiger partial charge in [0, 0.05) is 22.7 Å². The molecule has 43 heavy (non-hydrogen) atoms. The highest BCUT2D eigenvalue weighted by Gasteiger charge is 2.29. The van der Waals surface area contributed by atoms with E-state index >= 15 is 0 Å². The normalized spacial score (nSPS) is 14.5. The maximum absolute atomic E-state index is 14.5. The molecule has 0 saturated carbocycles. The number of aryl methyl sites for hydroxylation is 2. The van der Waals surface area contributed by atoms with E-state index in [2.05, 4.69) is 14.9 Å². The summed E-state index contributed by atoms with van der Waals surface area (Å²) < 4.78 is 55.4. The molecule has 0 radical (unpaired) electrons. The number of hydrogen-bond donors (Lipinski definition) is 1. The number of nitrogens with one attached hydrogen (secondary N) is 1. The molecule has 0 atom stereocenters. The summed E-state index contributed by atoms with van der Waals surface area (Å²) in [4.78, 5) is 14.8. The SMILES string of the molecule is COc1nc2c(-c3cc4c(Cl)c(F)cnc4n3S(=O)(=O)c3ccc(C)cc3)c[nH]c2c(CCCN2CCCCC2)c1OC. The lowest BCUT2D eigenvalue weighted by Gasteiger charge is -2.26. The number of pyridine rings is 2. The van der Waals surface area contributed by atoms with E-state index in [0.29, 0.717) is 28.8 Å². The number of halogens is 2. The maximum Gasteiger partial charge on any atom is 0.269 e. The Morgan fingerprint density at radius 1 is 1.09 bits per heavy atom. The quantitative estimate of drug-likeness (QED) is 0.204. The zero-order valence-electron chi connectivity index (χ0n) is 24.3. The molecule has 1 aliphatic heterocycles. The number of likely N-dealkylation sites (tertiary alicyclic amines) is 1. The zero-order valence-corrected chi connectivity index (χ0v) is 25.9. The van der Waals surface area contributed by atoms with Gasteiger partial charge in [-0.05, 0) is 70.4 Å². The van der Waals surface area contributed by atoms with E-state index in [1.165, 1.54) is 44.6 Å². The van der Waals surface area contributed by atoms with Gasteiger partial charge in [0.05, 0.1) is 41.5 Å². The Labute approximate surface area is 254 Å². The molecule has 1 fully saturated rings. The molecule has 5 heterocycles. The first-order valence-electron chi connectivity index (χ1n) is 14.3. The number of H-pyrrole nitrogens is 1. The fraction of sp³-hybridized carbons (Fsp3) is 0.355. The summed E-state index contributed by atoms with van der Waals surface area (Å²) >= 11 is 6.35. The van der Waals surface area contributed by atoms with Crippen molar-refractivity contribution in [1.29, 1.82) is 0 Å². The lowest BCUT2D eigenvalue weighted by molar-refractivity contribution is 0.226. The van der Waals surface area contributed by atoms with Crippen LogP contribution in [0.3, 0.4) is 0 Å². The van der Waals surface area contributed by atoms with Crippen LogP contribution in [0.15, 0.2) is 47.6 Å². The Bertz CT molecular complexity index is 1910. The molecular weight excluding hydrogens is 593 g/mol. The van der Waals surface area contributed by atoms with Gasteiger partial charge in [-0.25, -0.2) is 26.7 Å². The highest BCUT2D eigenvalue weighted by Crippen LogP contribution is 2.42. The molecule has 0 amide bonds. The minimum Gasteiger partial charge on any atom is -0.491 e. The van der Waals surface area contributed by atoms with Crippen LogP contribution in [0.5, 0.6) is 11.6 Å². The van der Waals surface area contributed by atoms with Gasteiger partial charge in [0.2, 0.25) is 0 Å². The van der Waals surface area contributed by atoms with Crippen molar-refractivity contribution in [1.82, 2.24) is 23.8 Å². The summed E-state index contributed by atoms with van der Waals surface area (Å²) in [7, 11) is -1.09. The first kappa shape index (κ1) is 29.4. The molecule has 1 saturated heterocycles. The molecule has 12 heteroatoms. The van der Waals surface area contributed by atoms with E-state index in [-0.39, 0.29) is 32.5 Å². The average molecular weight is 626 g/mol. The predicted octanol–water partition coefficient (Wildman–Crippen LogP) is 6.35. The number of aromatic nitrogens is 4. The molecule has 5 aromatic rings. The summed E-state index contributed by atoms with van der Waals surface area (Å²) in [6.07, 6.45) is 7.94. The molecule has 226 valence electrons. The molecule has 9 nitrogen and oxygen atoms in total. The van der Waals surface area contributed by atoms with E-state index in [1.54, 1.807) is 25.4 Å². The van der Waals surface area contributed by atoms with Crippen LogP contribution in [0, 0.1) is 12.7 Å². The van der Waals surface area contributed by atoms with Crippen LogP contribution in [0.4, 0.5) is 4.39 Å². The number of nitrogens with zero attached hydrogens (tertiary/aromatic N) is 4. The van der Waals surface area contributed by atoms with Crippen molar-refractivity contribution in [2.75, 3.05) is 33.9 Å². The molecule has 1 N–H and O–H groups in total. The number of benzene rings is 1. The molecule has 0 unspecified atom stereocenters. The van der Waals surface area contributed by atoms with E-state index in [0.717, 1.165) is 47.4 Å². The molecule has 1 aliphatic rings. The van der Waals surface area contributed by atoms with Crippen molar-refractivity contribution in [3.05, 3.63) is 64.7 Å². The Balaban J connectivity index is 1.54. The van der Waals surface area contributed by atoms with Crippen LogP contribution in [0.1, 0.15) is 36.8 Å². The first-order valence-corrected chi connectivity index (χ1v) is 16.1. The largest absolute Gasteiger partial charge is 0.491 e. The smallest absolute Gasteiger partial charge is 0.269 e. The van der Waals surface area contributed by atoms with Crippen LogP contribution in [0.2, 0.25) is 5.02 Å². The minimum atomic E-state index is -4.19. The van der Waals surface area contributed by atoms with Gasteiger partial charge in [0.15, 0.2) is 17.2 Å². The Morgan fingerprint density at radius 3 is 2.53 bits per heavy atom. The Morgan fingerprint density at radius 2 is 1.84 bits per heavy atom. The van der Waals surface area contributed by atoms with Crippen LogP contribution in [-0.4, -0.2) is 66.1 Å².